The molecule has 1 fully saturated rings. The third-order valence-electron chi connectivity index (χ3n) is 2.44. The van der Waals surface area contributed by atoms with Gasteiger partial charge >= 0.3 is 0 Å². The van der Waals surface area contributed by atoms with Gasteiger partial charge in [0, 0.05) is 6.61 Å². The molecule has 1 N–H and O–H groups in total. The van der Waals surface area contributed by atoms with E-state index in [1.54, 1.807) is 0 Å². The lowest BCUT2D eigenvalue weighted by Crippen LogP contribution is -2.29. The minimum atomic E-state index is -0.361. The Balaban J connectivity index is 2.41. The summed E-state index contributed by atoms with van der Waals surface area (Å²) in [6.45, 7) is 4.93. The van der Waals surface area contributed by atoms with E-state index in [0.29, 0.717) is 13.0 Å². The van der Waals surface area contributed by atoms with Gasteiger partial charge in [0.15, 0.2) is 5.79 Å². The number of hydrogen-bond donors (Lipinski definition) is 1. The van der Waals surface area contributed by atoms with Crippen molar-refractivity contribution in [2.75, 3.05) is 13.2 Å². The van der Waals surface area contributed by atoms with E-state index in [4.69, 9.17) is 14.6 Å². The first-order valence-corrected chi connectivity index (χ1v) is 4.69. The Morgan fingerprint density at radius 3 is 2.50 bits per heavy atom. The molecule has 1 saturated heterocycles. The van der Waals surface area contributed by atoms with E-state index in [9.17, 15) is 0 Å². The molecule has 0 aromatic heterocycles. The molecule has 0 unspecified atom stereocenters. The molecule has 0 saturated carbocycles. The van der Waals surface area contributed by atoms with Crippen LogP contribution in [-0.2, 0) is 9.47 Å². The minimum Gasteiger partial charge on any atom is -0.396 e. The van der Waals surface area contributed by atoms with E-state index < -0.39 is 0 Å². The number of aliphatic hydroxyl groups is 1. The summed E-state index contributed by atoms with van der Waals surface area (Å²) in [7, 11) is 0. The van der Waals surface area contributed by atoms with Gasteiger partial charge in [-0.15, -0.1) is 0 Å². The SMILES string of the molecule is CCC1(CC)OC[C@H](CCO)O1. The van der Waals surface area contributed by atoms with E-state index in [0.717, 1.165) is 12.8 Å². The number of aliphatic hydroxyl groups excluding tert-OH is 1. The second kappa shape index (κ2) is 4.21. The molecule has 1 heterocycles. The van der Waals surface area contributed by atoms with Crippen molar-refractivity contribution in [1.29, 1.82) is 0 Å². The van der Waals surface area contributed by atoms with Gasteiger partial charge in [0.2, 0.25) is 0 Å². The predicted octanol–water partition coefficient (Wildman–Crippen LogP) is 1.30. The molecule has 1 rings (SSSR count). The van der Waals surface area contributed by atoms with Crippen molar-refractivity contribution in [3.63, 3.8) is 0 Å². The molecule has 1 aliphatic rings. The highest BCUT2D eigenvalue weighted by Gasteiger charge is 2.37. The highest BCUT2D eigenvalue weighted by Crippen LogP contribution is 2.30. The lowest BCUT2D eigenvalue weighted by molar-refractivity contribution is -0.172. The summed E-state index contributed by atoms with van der Waals surface area (Å²) >= 11 is 0. The molecule has 3 heteroatoms. The van der Waals surface area contributed by atoms with E-state index in [-0.39, 0.29) is 18.5 Å². The van der Waals surface area contributed by atoms with E-state index in [1.165, 1.54) is 0 Å². The fourth-order valence-electron chi connectivity index (χ4n) is 1.52. The average Bonchev–Trinajstić information content (AvgIpc) is 2.50. The quantitative estimate of drug-likeness (QED) is 0.698. The first-order valence-electron chi connectivity index (χ1n) is 4.69. The molecule has 0 aromatic carbocycles. The molecule has 1 atom stereocenters. The second-order valence-corrected chi connectivity index (χ2v) is 3.18. The van der Waals surface area contributed by atoms with Gasteiger partial charge in [-0.1, -0.05) is 13.8 Å². The third kappa shape index (κ3) is 1.97. The van der Waals surface area contributed by atoms with Crippen LogP contribution in [0.4, 0.5) is 0 Å². The van der Waals surface area contributed by atoms with E-state index in [2.05, 4.69) is 13.8 Å². The van der Waals surface area contributed by atoms with Crippen LogP contribution in [-0.4, -0.2) is 30.2 Å². The Morgan fingerprint density at radius 1 is 1.42 bits per heavy atom. The first-order chi connectivity index (χ1) is 5.76. The van der Waals surface area contributed by atoms with Crippen LogP contribution in [0, 0.1) is 0 Å². The summed E-state index contributed by atoms with van der Waals surface area (Å²) in [6, 6.07) is 0. The van der Waals surface area contributed by atoms with Gasteiger partial charge in [-0.2, -0.15) is 0 Å². The second-order valence-electron chi connectivity index (χ2n) is 3.18. The summed E-state index contributed by atoms with van der Waals surface area (Å²) in [6.07, 6.45) is 2.54. The maximum atomic E-state index is 8.71. The minimum absolute atomic E-state index is 0.0925. The molecule has 0 aliphatic carbocycles. The van der Waals surface area contributed by atoms with Gasteiger partial charge in [0.25, 0.3) is 0 Å². The summed E-state index contributed by atoms with van der Waals surface area (Å²) < 4.78 is 11.3. The van der Waals surface area contributed by atoms with Crippen molar-refractivity contribution in [2.24, 2.45) is 0 Å². The molecular formula is C9H18O3. The van der Waals surface area contributed by atoms with Crippen molar-refractivity contribution in [2.45, 2.75) is 45.0 Å². The number of ether oxygens (including phenoxy) is 2. The van der Waals surface area contributed by atoms with Crippen LogP contribution in [0.15, 0.2) is 0 Å². The molecule has 72 valence electrons. The van der Waals surface area contributed by atoms with Gasteiger partial charge in [-0.05, 0) is 19.3 Å². The molecule has 12 heavy (non-hydrogen) atoms. The summed E-state index contributed by atoms with van der Waals surface area (Å²) in [5.41, 5.74) is 0. The summed E-state index contributed by atoms with van der Waals surface area (Å²) in [5, 5.41) is 8.71. The molecule has 0 bridgehead atoms. The standard InChI is InChI=1S/C9H18O3/c1-3-9(4-2)11-7-8(12-9)5-6-10/h8,10H,3-7H2,1-2H3/t8-/m0/s1. The molecular weight excluding hydrogens is 156 g/mol. The molecule has 0 amide bonds. The normalized spacial score (nSPS) is 27.8. The van der Waals surface area contributed by atoms with Crippen molar-refractivity contribution in [1.82, 2.24) is 0 Å². The fraction of sp³-hybridized carbons (Fsp3) is 1.00. The zero-order chi connectivity index (χ0) is 9.03. The molecule has 1 aliphatic heterocycles. The predicted molar refractivity (Wildman–Crippen MR) is 45.8 cm³/mol. The Kier molecular flexibility index (Phi) is 3.50. The fourth-order valence-corrected chi connectivity index (χ4v) is 1.52. The highest BCUT2D eigenvalue weighted by atomic mass is 16.7. The van der Waals surface area contributed by atoms with Gasteiger partial charge in [0.05, 0.1) is 12.7 Å². The zero-order valence-corrected chi connectivity index (χ0v) is 7.88. The number of rotatable bonds is 4. The van der Waals surface area contributed by atoms with Crippen LogP contribution >= 0.6 is 0 Å². The van der Waals surface area contributed by atoms with Crippen molar-refractivity contribution < 1.29 is 14.6 Å². The van der Waals surface area contributed by atoms with Crippen molar-refractivity contribution in [3.8, 4) is 0 Å². The molecule has 0 spiro atoms. The average molecular weight is 174 g/mol. The molecule has 0 radical (unpaired) electrons. The largest absolute Gasteiger partial charge is 0.396 e. The first kappa shape index (κ1) is 9.96. The van der Waals surface area contributed by atoms with Gasteiger partial charge in [-0.25, -0.2) is 0 Å². The summed E-state index contributed by atoms with van der Waals surface area (Å²) in [4.78, 5) is 0. The van der Waals surface area contributed by atoms with Gasteiger partial charge in [-0.3, -0.25) is 0 Å². The van der Waals surface area contributed by atoms with E-state index in [1.807, 2.05) is 0 Å². The van der Waals surface area contributed by atoms with Crippen molar-refractivity contribution in [3.05, 3.63) is 0 Å². The maximum absolute atomic E-state index is 8.71. The van der Waals surface area contributed by atoms with Crippen LogP contribution in [0.5, 0.6) is 0 Å². The summed E-state index contributed by atoms with van der Waals surface area (Å²) in [5.74, 6) is -0.361. The third-order valence-corrected chi connectivity index (χ3v) is 2.44. The number of hydrogen-bond acceptors (Lipinski definition) is 3. The van der Waals surface area contributed by atoms with Gasteiger partial charge < -0.3 is 14.6 Å². The lowest BCUT2D eigenvalue weighted by atomic mass is 10.1. The Hall–Kier alpha value is -0.120. The lowest BCUT2D eigenvalue weighted by Gasteiger charge is -2.24. The molecule has 3 nitrogen and oxygen atoms in total. The Labute approximate surface area is 73.7 Å². The zero-order valence-electron chi connectivity index (χ0n) is 7.88. The maximum Gasteiger partial charge on any atom is 0.168 e. The molecule has 0 aromatic rings. The van der Waals surface area contributed by atoms with Crippen LogP contribution in [0.3, 0.4) is 0 Å². The Bertz CT molecular complexity index is 132. The van der Waals surface area contributed by atoms with Crippen molar-refractivity contribution >= 4 is 0 Å². The highest BCUT2D eigenvalue weighted by molar-refractivity contribution is 4.76. The van der Waals surface area contributed by atoms with Gasteiger partial charge in [0.1, 0.15) is 0 Å². The Morgan fingerprint density at radius 2 is 2.08 bits per heavy atom. The smallest absolute Gasteiger partial charge is 0.168 e. The van der Waals surface area contributed by atoms with Crippen LogP contribution in [0.1, 0.15) is 33.1 Å². The van der Waals surface area contributed by atoms with Crippen LogP contribution < -0.4 is 0 Å². The monoisotopic (exact) mass is 174 g/mol. The van der Waals surface area contributed by atoms with Crippen LogP contribution in [0.2, 0.25) is 0 Å². The topological polar surface area (TPSA) is 38.7 Å². The van der Waals surface area contributed by atoms with E-state index >= 15 is 0 Å². The van der Waals surface area contributed by atoms with Crippen LogP contribution in [0.25, 0.3) is 0 Å².